The van der Waals surface area contributed by atoms with Crippen LogP contribution in [-0.2, 0) is 11.0 Å². The van der Waals surface area contributed by atoms with Crippen LogP contribution in [0.5, 0.6) is 0 Å². The number of pyridine rings is 1. The highest BCUT2D eigenvalue weighted by Gasteiger charge is 2.33. The zero-order valence-corrected chi connectivity index (χ0v) is 18.9. The maximum absolute atomic E-state index is 12.8. The molecule has 1 saturated heterocycles. The molecule has 0 radical (unpaired) electrons. The molecule has 2 aliphatic rings. The molecule has 1 aliphatic heterocycles. The minimum absolute atomic E-state index is 0.00834. The largest absolute Gasteiger partial charge is 0.416 e. The summed E-state index contributed by atoms with van der Waals surface area (Å²) in [5.74, 6) is -0.490. The van der Waals surface area contributed by atoms with Gasteiger partial charge in [-0.3, -0.25) is 19.5 Å². The molecule has 1 aliphatic carbocycles. The Morgan fingerprint density at radius 2 is 1.85 bits per heavy atom. The average molecular weight is 475 g/mol. The Labute approximate surface area is 196 Å². The number of hydrogen-bond donors (Lipinski definition) is 2. The summed E-state index contributed by atoms with van der Waals surface area (Å²) in [6.07, 6.45) is 4.57. The standard InChI is InChI=1S/C25H29F3N4O2/c26-25(27,28)20-5-1-3-18(13-20)24(34)30-15-23(33)31-21-10-12-32(16-21)22-8-6-17(7-9-22)19-4-2-11-29-14-19/h1-5,11,13-14,17,21-22H,6-10,12,15-16H2,(H,30,34)(H,31,33)/t17?,21-,22?/m1/s1. The number of carbonyl (C=O) groups is 2. The van der Waals surface area contributed by atoms with Crippen molar-refractivity contribution < 1.29 is 22.8 Å². The van der Waals surface area contributed by atoms with Gasteiger partial charge in [0.25, 0.3) is 5.91 Å². The van der Waals surface area contributed by atoms with Gasteiger partial charge in [0.05, 0.1) is 12.1 Å². The van der Waals surface area contributed by atoms with E-state index in [2.05, 4.69) is 26.6 Å². The second kappa shape index (κ2) is 10.5. The van der Waals surface area contributed by atoms with E-state index in [9.17, 15) is 22.8 Å². The second-order valence-corrected chi connectivity index (χ2v) is 9.10. The van der Waals surface area contributed by atoms with Crippen molar-refractivity contribution in [1.29, 1.82) is 0 Å². The van der Waals surface area contributed by atoms with Gasteiger partial charge >= 0.3 is 6.18 Å². The lowest BCUT2D eigenvalue weighted by molar-refractivity contribution is -0.137. The number of carbonyl (C=O) groups excluding carboxylic acids is 2. The maximum atomic E-state index is 12.8. The van der Waals surface area contributed by atoms with Gasteiger partial charge in [-0.1, -0.05) is 12.1 Å². The van der Waals surface area contributed by atoms with Crippen LogP contribution in [0.15, 0.2) is 48.8 Å². The first-order valence-electron chi connectivity index (χ1n) is 11.7. The van der Waals surface area contributed by atoms with Crippen molar-refractivity contribution in [3.63, 3.8) is 0 Å². The van der Waals surface area contributed by atoms with E-state index >= 15 is 0 Å². The van der Waals surface area contributed by atoms with Crippen molar-refractivity contribution in [3.8, 4) is 0 Å². The van der Waals surface area contributed by atoms with Crippen LogP contribution in [0.25, 0.3) is 0 Å². The molecule has 2 N–H and O–H groups in total. The second-order valence-electron chi connectivity index (χ2n) is 9.10. The molecule has 34 heavy (non-hydrogen) atoms. The van der Waals surface area contributed by atoms with Crippen LogP contribution in [-0.4, -0.2) is 53.4 Å². The molecule has 0 bridgehead atoms. The summed E-state index contributed by atoms with van der Waals surface area (Å²) in [5, 5.41) is 5.35. The Kier molecular flexibility index (Phi) is 7.50. The van der Waals surface area contributed by atoms with E-state index in [1.807, 2.05) is 12.3 Å². The van der Waals surface area contributed by atoms with E-state index < -0.39 is 17.6 Å². The Bertz CT molecular complexity index is 991. The van der Waals surface area contributed by atoms with E-state index in [0.29, 0.717) is 12.0 Å². The third-order valence-electron chi connectivity index (χ3n) is 6.82. The fourth-order valence-electron chi connectivity index (χ4n) is 5.01. The molecule has 4 rings (SSSR count). The quantitative estimate of drug-likeness (QED) is 0.669. The minimum Gasteiger partial charge on any atom is -0.350 e. The molecule has 1 aromatic carbocycles. The normalized spacial score (nSPS) is 23.4. The molecule has 182 valence electrons. The fraction of sp³-hybridized carbons (Fsp3) is 0.480. The highest BCUT2D eigenvalue weighted by molar-refractivity contribution is 5.96. The Hall–Kier alpha value is -2.94. The zero-order valence-electron chi connectivity index (χ0n) is 18.9. The SMILES string of the molecule is O=C(CNC(=O)c1cccc(C(F)(F)F)c1)N[C@@H]1CCN(C2CCC(c3cccnc3)CC2)C1. The van der Waals surface area contributed by atoms with E-state index in [-0.39, 0.29) is 24.1 Å². The lowest BCUT2D eigenvalue weighted by Gasteiger charge is -2.34. The number of benzene rings is 1. The van der Waals surface area contributed by atoms with Crippen LogP contribution in [0.1, 0.15) is 59.5 Å². The van der Waals surface area contributed by atoms with E-state index in [1.54, 1.807) is 6.20 Å². The van der Waals surface area contributed by atoms with Crippen molar-refractivity contribution in [2.75, 3.05) is 19.6 Å². The van der Waals surface area contributed by atoms with Crippen molar-refractivity contribution >= 4 is 11.8 Å². The van der Waals surface area contributed by atoms with Gasteiger partial charge in [-0.15, -0.1) is 0 Å². The maximum Gasteiger partial charge on any atom is 0.416 e. The molecule has 1 atom stereocenters. The number of halogens is 3. The van der Waals surface area contributed by atoms with E-state index in [0.717, 1.165) is 57.3 Å². The molecule has 2 aromatic rings. The number of nitrogens with one attached hydrogen (secondary N) is 2. The monoisotopic (exact) mass is 474 g/mol. The molecule has 0 unspecified atom stereocenters. The van der Waals surface area contributed by atoms with Crippen LogP contribution >= 0.6 is 0 Å². The number of likely N-dealkylation sites (tertiary alicyclic amines) is 1. The number of nitrogens with zero attached hydrogens (tertiary/aromatic N) is 2. The molecule has 9 heteroatoms. The van der Waals surface area contributed by atoms with Gasteiger partial charge in [0.15, 0.2) is 0 Å². The van der Waals surface area contributed by atoms with E-state index in [4.69, 9.17) is 0 Å². The predicted octanol–water partition coefficient (Wildman–Crippen LogP) is 3.75. The van der Waals surface area contributed by atoms with Gasteiger partial charge in [-0.25, -0.2) is 0 Å². The van der Waals surface area contributed by atoms with Gasteiger partial charge in [-0.05, 0) is 67.9 Å². The first-order valence-corrected chi connectivity index (χ1v) is 11.7. The molecular weight excluding hydrogens is 445 g/mol. The molecule has 1 saturated carbocycles. The first-order chi connectivity index (χ1) is 16.3. The number of hydrogen-bond acceptors (Lipinski definition) is 4. The molecule has 2 amide bonds. The van der Waals surface area contributed by atoms with Crippen LogP contribution in [0.4, 0.5) is 13.2 Å². The van der Waals surface area contributed by atoms with Crippen LogP contribution in [0, 0.1) is 0 Å². The molecule has 0 spiro atoms. The summed E-state index contributed by atoms with van der Waals surface area (Å²) in [7, 11) is 0. The molecule has 1 aromatic heterocycles. The Balaban J connectivity index is 1.19. The summed E-state index contributed by atoms with van der Waals surface area (Å²) in [6.45, 7) is 1.42. The molecule has 2 fully saturated rings. The number of aromatic nitrogens is 1. The van der Waals surface area contributed by atoms with Gasteiger partial charge < -0.3 is 10.6 Å². The summed E-state index contributed by atoms with van der Waals surface area (Å²) in [4.78, 5) is 31.2. The van der Waals surface area contributed by atoms with Crippen molar-refractivity contribution in [2.45, 2.75) is 56.3 Å². The number of rotatable bonds is 6. The van der Waals surface area contributed by atoms with Gasteiger partial charge in [0.2, 0.25) is 5.91 Å². The first kappa shape index (κ1) is 24.2. The smallest absolute Gasteiger partial charge is 0.350 e. The molecular formula is C25H29F3N4O2. The van der Waals surface area contributed by atoms with Gasteiger partial charge in [-0.2, -0.15) is 13.2 Å². The highest BCUT2D eigenvalue weighted by Crippen LogP contribution is 2.35. The Morgan fingerprint density at radius 1 is 1.06 bits per heavy atom. The number of amides is 2. The molecule has 6 nitrogen and oxygen atoms in total. The van der Waals surface area contributed by atoms with Crippen molar-refractivity contribution in [1.82, 2.24) is 20.5 Å². The summed E-state index contributed by atoms with van der Waals surface area (Å²) >= 11 is 0. The summed E-state index contributed by atoms with van der Waals surface area (Å²) < 4.78 is 38.5. The minimum atomic E-state index is -4.53. The van der Waals surface area contributed by atoms with E-state index in [1.165, 1.54) is 17.7 Å². The van der Waals surface area contributed by atoms with Gasteiger partial charge in [0, 0.05) is 43.1 Å². The fourth-order valence-corrected chi connectivity index (χ4v) is 5.01. The van der Waals surface area contributed by atoms with Gasteiger partial charge in [0.1, 0.15) is 0 Å². The lowest BCUT2D eigenvalue weighted by atomic mass is 9.82. The third kappa shape index (κ3) is 6.14. The van der Waals surface area contributed by atoms with Crippen LogP contribution in [0.3, 0.4) is 0 Å². The van der Waals surface area contributed by atoms with Crippen LogP contribution < -0.4 is 10.6 Å². The van der Waals surface area contributed by atoms with Crippen LogP contribution in [0.2, 0.25) is 0 Å². The highest BCUT2D eigenvalue weighted by atomic mass is 19.4. The molecule has 2 heterocycles. The summed E-state index contributed by atoms with van der Waals surface area (Å²) in [6, 6.07) is 8.80. The Morgan fingerprint density at radius 3 is 2.56 bits per heavy atom. The lowest BCUT2D eigenvalue weighted by Crippen LogP contribution is -2.44. The number of alkyl halides is 3. The van der Waals surface area contributed by atoms with Crippen molar-refractivity contribution in [2.24, 2.45) is 0 Å². The van der Waals surface area contributed by atoms with Crippen molar-refractivity contribution in [3.05, 3.63) is 65.5 Å². The topological polar surface area (TPSA) is 74.3 Å². The third-order valence-corrected chi connectivity index (χ3v) is 6.82. The average Bonchev–Trinajstić information content (AvgIpc) is 3.31. The summed E-state index contributed by atoms with van der Waals surface area (Å²) in [5.41, 5.74) is 0.279. The zero-order chi connectivity index (χ0) is 24.1. The predicted molar refractivity (Wildman–Crippen MR) is 121 cm³/mol.